The van der Waals surface area contributed by atoms with Crippen LogP contribution in [0.3, 0.4) is 0 Å². The molecule has 32 heavy (non-hydrogen) atoms. The van der Waals surface area contributed by atoms with Gasteiger partial charge >= 0.3 is 6.03 Å². The Balaban J connectivity index is 1.24. The van der Waals surface area contributed by atoms with Crippen LogP contribution in [0.15, 0.2) is 71.3 Å². The molecule has 2 heterocycles. The van der Waals surface area contributed by atoms with E-state index in [1.165, 1.54) is 0 Å². The molecule has 1 aliphatic rings. The summed E-state index contributed by atoms with van der Waals surface area (Å²) in [5.74, 6) is -0.0767. The van der Waals surface area contributed by atoms with Gasteiger partial charge in [0.1, 0.15) is 5.58 Å². The molecule has 6 heteroatoms. The van der Waals surface area contributed by atoms with Crippen molar-refractivity contribution in [1.82, 2.24) is 10.2 Å². The highest BCUT2D eigenvalue weighted by molar-refractivity contribution is 6.08. The van der Waals surface area contributed by atoms with E-state index in [-0.39, 0.29) is 18.4 Å². The fourth-order valence-corrected chi connectivity index (χ4v) is 4.32. The van der Waals surface area contributed by atoms with Crippen LogP contribution in [-0.4, -0.2) is 29.9 Å². The van der Waals surface area contributed by atoms with Crippen LogP contribution >= 0.6 is 0 Å². The minimum atomic E-state index is -0.0767. The van der Waals surface area contributed by atoms with Crippen molar-refractivity contribution in [2.75, 3.05) is 18.4 Å². The third kappa shape index (κ3) is 4.17. The van der Waals surface area contributed by atoms with Crippen LogP contribution in [0.1, 0.15) is 24.0 Å². The monoisotopic (exact) mass is 427 g/mol. The number of hydrogen-bond donors (Lipinski definition) is 2. The first-order valence-electron chi connectivity index (χ1n) is 11.0. The average Bonchev–Trinajstić information content (AvgIpc) is 3.49. The fraction of sp³-hybridized carbons (Fsp3) is 0.231. The summed E-state index contributed by atoms with van der Waals surface area (Å²) in [7, 11) is 0. The molecule has 0 bridgehead atoms. The van der Waals surface area contributed by atoms with Gasteiger partial charge in [0, 0.05) is 36.3 Å². The molecule has 0 atom stereocenters. The number of carbonyl (C=O) groups is 2. The molecule has 0 saturated carbocycles. The van der Waals surface area contributed by atoms with Gasteiger partial charge in [0.05, 0.1) is 12.7 Å². The molecule has 4 aromatic rings. The van der Waals surface area contributed by atoms with E-state index in [4.69, 9.17) is 4.42 Å². The number of fused-ring (bicyclic) bond motifs is 3. The number of benzene rings is 3. The highest BCUT2D eigenvalue weighted by Gasteiger charge is 2.18. The number of likely N-dealkylation sites (tertiary alicyclic amines) is 1. The van der Waals surface area contributed by atoms with Gasteiger partial charge in [-0.25, -0.2) is 4.79 Å². The van der Waals surface area contributed by atoms with E-state index in [1.807, 2.05) is 53.4 Å². The van der Waals surface area contributed by atoms with Crippen molar-refractivity contribution >= 4 is 39.4 Å². The minimum absolute atomic E-state index is 0.0669. The molecule has 0 radical (unpaired) electrons. The first-order chi connectivity index (χ1) is 15.7. The van der Waals surface area contributed by atoms with Crippen molar-refractivity contribution < 1.29 is 14.0 Å². The van der Waals surface area contributed by atoms with Crippen LogP contribution in [0.25, 0.3) is 21.7 Å². The summed E-state index contributed by atoms with van der Waals surface area (Å²) in [5, 5.41) is 9.13. The van der Waals surface area contributed by atoms with Crippen LogP contribution in [0.5, 0.6) is 0 Å². The summed E-state index contributed by atoms with van der Waals surface area (Å²) >= 11 is 0. The predicted molar refractivity (Wildman–Crippen MR) is 126 cm³/mol. The molecule has 2 N–H and O–H groups in total. The van der Waals surface area contributed by atoms with Gasteiger partial charge in [-0.2, -0.15) is 0 Å². The Labute approximate surface area is 186 Å². The zero-order chi connectivity index (χ0) is 21.9. The molecule has 1 fully saturated rings. The molecular weight excluding hydrogens is 402 g/mol. The first kappa shape index (κ1) is 20.1. The Morgan fingerprint density at radius 2 is 1.81 bits per heavy atom. The second kappa shape index (κ2) is 8.75. The number of carbonyl (C=O) groups excluding carboxylic acids is 2. The Kier molecular flexibility index (Phi) is 5.50. The van der Waals surface area contributed by atoms with Gasteiger partial charge in [-0.3, -0.25) is 4.79 Å². The molecular formula is C26H25N3O3. The zero-order valence-corrected chi connectivity index (χ0v) is 17.8. The first-order valence-corrected chi connectivity index (χ1v) is 11.0. The summed E-state index contributed by atoms with van der Waals surface area (Å²) in [6.07, 6.45) is 4.03. The van der Waals surface area contributed by atoms with Crippen LogP contribution in [0.2, 0.25) is 0 Å². The third-order valence-corrected chi connectivity index (χ3v) is 5.95. The number of hydrogen-bond acceptors (Lipinski definition) is 3. The predicted octanol–water partition coefficient (Wildman–Crippen LogP) is 5.07. The molecule has 6 nitrogen and oxygen atoms in total. The maximum absolute atomic E-state index is 12.7. The lowest BCUT2D eigenvalue weighted by Gasteiger charge is -2.16. The lowest BCUT2D eigenvalue weighted by molar-refractivity contribution is -0.120. The van der Waals surface area contributed by atoms with Crippen molar-refractivity contribution in [3.8, 4) is 0 Å². The molecule has 1 saturated heterocycles. The number of anilines is 1. The molecule has 3 amide bonds. The Morgan fingerprint density at radius 1 is 0.969 bits per heavy atom. The van der Waals surface area contributed by atoms with Crippen molar-refractivity contribution in [1.29, 1.82) is 0 Å². The van der Waals surface area contributed by atoms with Gasteiger partial charge in [0.25, 0.3) is 0 Å². The average molecular weight is 428 g/mol. The molecule has 5 rings (SSSR count). The van der Waals surface area contributed by atoms with E-state index >= 15 is 0 Å². The number of nitrogens with one attached hydrogen (secondary N) is 2. The zero-order valence-electron chi connectivity index (χ0n) is 17.8. The van der Waals surface area contributed by atoms with Crippen LogP contribution in [0, 0.1) is 0 Å². The quantitative estimate of drug-likeness (QED) is 0.467. The Hall–Kier alpha value is -3.80. The number of rotatable bonds is 5. The number of amides is 3. The van der Waals surface area contributed by atoms with Crippen molar-refractivity contribution in [3.63, 3.8) is 0 Å². The summed E-state index contributed by atoms with van der Waals surface area (Å²) in [6, 6.07) is 19.6. The SMILES string of the molecule is O=C(Cc1coc2ccc3ccccc3c12)NCc1cccc(NC(=O)N2CCCC2)c1. The van der Waals surface area contributed by atoms with Gasteiger partial charge in [0.15, 0.2) is 0 Å². The molecule has 1 aliphatic heterocycles. The van der Waals surface area contributed by atoms with Crippen molar-refractivity contribution in [2.45, 2.75) is 25.8 Å². The molecule has 162 valence electrons. The third-order valence-electron chi connectivity index (χ3n) is 5.95. The molecule has 0 unspecified atom stereocenters. The van der Waals surface area contributed by atoms with Gasteiger partial charge in [-0.1, -0.05) is 42.5 Å². The summed E-state index contributed by atoms with van der Waals surface area (Å²) in [4.78, 5) is 26.8. The summed E-state index contributed by atoms with van der Waals surface area (Å²) in [5.41, 5.74) is 3.33. The highest BCUT2D eigenvalue weighted by atomic mass is 16.3. The van der Waals surface area contributed by atoms with E-state index < -0.39 is 0 Å². The van der Waals surface area contributed by atoms with Crippen LogP contribution in [0.4, 0.5) is 10.5 Å². The Morgan fingerprint density at radius 3 is 2.69 bits per heavy atom. The van der Waals surface area contributed by atoms with Gasteiger partial charge in [0.2, 0.25) is 5.91 Å². The van der Waals surface area contributed by atoms with Crippen LogP contribution in [-0.2, 0) is 17.8 Å². The van der Waals surface area contributed by atoms with E-state index in [9.17, 15) is 9.59 Å². The highest BCUT2D eigenvalue weighted by Crippen LogP contribution is 2.30. The van der Waals surface area contributed by atoms with E-state index in [0.717, 1.165) is 64.5 Å². The van der Waals surface area contributed by atoms with E-state index in [0.29, 0.717) is 6.54 Å². The second-order valence-electron chi connectivity index (χ2n) is 8.20. The largest absolute Gasteiger partial charge is 0.464 e. The molecule has 1 aromatic heterocycles. The number of nitrogens with zero attached hydrogens (tertiary/aromatic N) is 1. The standard InChI is InChI=1S/C26H25N3O3/c30-24(15-20-17-32-23-11-10-19-7-1-2-9-22(19)25(20)23)27-16-18-6-5-8-21(14-18)28-26(31)29-12-3-4-13-29/h1-2,5-11,14,17H,3-4,12-13,15-16H2,(H,27,30)(H,28,31). The van der Waals surface area contributed by atoms with Gasteiger partial charge in [-0.05, 0) is 47.4 Å². The normalized spacial score (nSPS) is 13.6. The lowest BCUT2D eigenvalue weighted by atomic mass is 10.0. The summed E-state index contributed by atoms with van der Waals surface area (Å²) < 4.78 is 5.69. The van der Waals surface area contributed by atoms with Gasteiger partial charge in [-0.15, -0.1) is 0 Å². The maximum Gasteiger partial charge on any atom is 0.321 e. The van der Waals surface area contributed by atoms with E-state index in [1.54, 1.807) is 6.26 Å². The smallest absolute Gasteiger partial charge is 0.321 e. The van der Waals surface area contributed by atoms with Crippen LogP contribution < -0.4 is 10.6 Å². The van der Waals surface area contributed by atoms with Crippen molar-refractivity contribution in [2.24, 2.45) is 0 Å². The summed E-state index contributed by atoms with van der Waals surface area (Å²) in [6.45, 7) is 2.00. The lowest BCUT2D eigenvalue weighted by Crippen LogP contribution is -2.32. The molecule has 3 aromatic carbocycles. The van der Waals surface area contributed by atoms with E-state index in [2.05, 4.69) is 22.8 Å². The Bertz CT molecular complexity index is 1290. The van der Waals surface area contributed by atoms with Crippen molar-refractivity contribution in [3.05, 3.63) is 78.1 Å². The van der Waals surface area contributed by atoms with Gasteiger partial charge < -0.3 is 20.0 Å². The fourth-order valence-electron chi connectivity index (χ4n) is 4.32. The number of furan rings is 1. The number of urea groups is 1. The molecule has 0 aliphatic carbocycles. The minimum Gasteiger partial charge on any atom is -0.464 e. The maximum atomic E-state index is 12.7. The topological polar surface area (TPSA) is 74.6 Å². The second-order valence-corrected chi connectivity index (χ2v) is 8.20. The molecule has 0 spiro atoms.